The van der Waals surface area contributed by atoms with Crippen LogP contribution < -0.4 is 0 Å². The minimum absolute atomic E-state index is 0.140. The zero-order chi connectivity index (χ0) is 25.7. The Morgan fingerprint density at radius 3 is 2.14 bits per heavy atom. The molecule has 3 aromatic carbocycles. The number of carboxylic acid groups (broad SMARTS) is 1. The highest BCUT2D eigenvalue weighted by Crippen LogP contribution is 2.38. The highest BCUT2D eigenvalue weighted by molar-refractivity contribution is 6.34. The van der Waals surface area contributed by atoms with Crippen LogP contribution in [-0.2, 0) is 5.60 Å². The molecule has 4 rings (SSSR count). The van der Waals surface area contributed by atoms with E-state index in [1.54, 1.807) is 26.0 Å². The molecule has 5 nitrogen and oxygen atoms in total. The van der Waals surface area contributed by atoms with Crippen LogP contribution in [0.2, 0.25) is 10.0 Å². The molecule has 1 aromatic heterocycles. The van der Waals surface area contributed by atoms with E-state index in [0.29, 0.717) is 21.6 Å². The van der Waals surface area contributed by atoms with Crippen molar-refractivity contribution < 1.29 is 15.0 Å². The van der Waals surface area contributed by atoms with Gasteiger partial charge in [-0.25, -0.2) is 9.78 Å². The molecule has 0 unspecified atom stereocenters. The van der Waals surface area contributed by atoms with Crippen molar-refractivity contribution in [3.63, 3.8) is 0 Å². The van der Waals surface area contributed by atoms with E-state index in [-0.39, 0.29) is 5.56 Å². The molecule has 0 spiro atoms. The van der Waals surface area contributed by atoms with Gasteiger partial charge in [-0.2, -0.15) is 0 Å². The van der Waals surface area contributed by atoms with Crippen molar-refractivity contribution in [3.05, 3.63) is 92.7 Å². The molecule has 4 aromatic rings. The zero-order valence-electron chi connectivity index (χ0n) is 20.1. The second-order valence-electron chi connectivity index (χ2n) is 9.27. The van der Waals surface area contributed by atoms with Crippen LogP contribution in [0.25, 0.3) is 28.2 Å². The van der Waals surface area contributed by atoms with Gasteiger partial charge in [0.25, 0.3) is 0 Å². The van der Waals surface area contributed by atoms with Crippen molar-refractivity contribution in [2.75, 3.05) is 0 Å². The Morgan fingerprint density at radius 2 is 1.60 bits per heavy atom. The molecule has 0 aliphatic heterocycles. The number of halogens is 2. The Labute approximate surface area is 214 Å². The first-order valence-electron chi connectivity index (χ1n) is 11.1. The molecule has 0 bridgehead atoms. The van der Waals surface area contributed by atoms with Gasteiger partial charge in [-0.1, -0.05) is 41.4 Å². The van der Waals surface area contributed by atoms with Crippen molar-refractivity contribution >= 4 is 29.2 Å². The van der Waals surface area contributed by atoms with Crippen LogP contribution in [0.4, 0.5) is 0 Å². The maximum absolute atomic E-state index is 11.3. The van der Waals surface area contributed by atoms with E-state index in [1.807, 2.05) is 61.9 Å². The molecular weight excluding hydrogens is 483 g/mol. The third-order valence-electron chi connectivity index (χ3n) is 6.04. The molecule has 35 heavy (non-hydrogen) atoms. The van der Waals surface area contributed by atoms with Crippen LogP contribution in [0.1, 0.15) is 46.6 Å². The number of aromatic carboxylic acids is 1. The summed E-state index contributed by atoms with van der Waals surface area (Å²) in [5, 5.41) is 20.9. The van der Waals surface area contributed by atoms with Gasteiger partial charge in [0, 0.05) is 22.3 Å². The third-order valence-corrected chi connectivity index (χ3v) is 6.66. The summed E-state index contributed by atoms with van der Waals surface area (Å²) in [4.78, 5) is 16.1. The van der Waals surface area contributed by atoms with Crippen molar-refractivity contribution in [3.8, 4) is 28.2 Å². The average molecular weight is 509 g/mol. The first-order chi connectivity index (χ1) is 16.4. The van der Waals surface area contributed by atoms with Gasteiger partial charge in [-0.05, 0) is 87.2 Å². The number of aromatic nitrogens is 2. The van der Waals surface area contributed by atoms with Gasteiger partial charge in [-0.15, -0.1) is 0 Å². The molecule has 7 heteroatoms. The Morgan fingerprint density at radius 1 is 0.943 bits per heavy atom. The summed E-state index contributed by atoms with van der Waals surface area (Å²) in [7, 11) is 0. The average Bonchev–Trinajstić information content (AvgIpc) is 3.18. The van der Waals surface area contributed by atoms with Crippen LogP contribution in [0.15, 0.2) is 54.7 Å². The third kappa shape index (κ3) is 4.72. The van der Waals surface area contributed by atoms with Crippen molar-refractivity contribution in [1.82, 2.24) is 9.55 Å². The van der Waals surface area contributed by atoms with E-state index in [9.17, 15) is 15.0 Å². The van der Waals surface area contributed by atoms with Crippen LogP contribution in [-0.4, -0.2) is 25.7 Å². The van der Waals surface area contributed by atoms with E-state index >= 15 is 0 Å². The number of aryl methyl sites for hydroxylation is 3. The van der Waals surface area contributed by atoms with Gasteiger partial charge in [0.2, 0.25) is 0 Å². The van der Waals surface area contributed by atoms with Gasteiger partial charge in [-0.3, -0.25) is 4.57 Å². The number of benzene rings is 3. The largest absolute Gasteiger partial charge is 0.478 e. The summed E-state index contributed by atoms with van der Waals surface area (Å²) < 4.78 is 1.98. The smallest absolute Gasteiger partial charge is 0.335 e. The summed E-state index contributed by atoms with van der Waals surface area (Å²) in [6.45, 7) is 9.38. The van der Waals surface area contributed by atoms with Gasteiger partial charge in [0.1, 0.15) is 11.4 Å². The minimum atomic E-state index is -1.14. The quantitative estimate of drug-likeness (QED) is 0.295. The van der Waals surface area contributed by atoms with E-state index in [1.165, 1.54) is 6.07 Å². The highest BCUT2D eigenvalue weighted by atomic mass is 35.5. The van der Waals surface area contributed by atoms with Crippen molar-refractivity contribution in [2.24, 2.45) is 0 Å². The predicted octanol–water partition coefficient (Wildman–Crippen LogP) is 7.36. The summed E-state index contributed by atoms with van der Waals surface area (Å²) in [5.74, 6) is -0.376. The molecule has 0 saturated carbocycles. The van der Waals surface area contributed by atoms with Gasteiger partial charge >= 0.3 is 5.97 Å². The number of hydrogen-bond acceptors (Lipinski definition) is 3. The van der Waals surface area contributed by atoms with Gasteiger partial charge in [0.05, 0.1) is 22.0 Å². The maximum atomic E-state index is 11.3. The number of carbonyl (C=O) groups is 1. The molecule has 0 aliphatic carbocycles. The number of aliphatic hydroxyl groups is 1. The lowest BCUT2D eigenvalue weighted by atomic mass is 9.97. The van der Waals surface area contributed by atoms with Crippen molar-refractivity contribution in [1.29, 1.82) is 0 Å². The molecule has 0 amide bonds. The lowest BCUT2D eigenvalue weighted by Gasteiger charge is -2.18. The lowest BCUT2D eigenvalue weighted by molar-refractivity contribution is 0.0695. The standard InChI is InChI=1S/C28H26Cl2N2O3/c1-15-7-6-8-21(29)24(15)26-31-23(28(4,5)35)14-32(26)25-16(2)11-19(12-17(25)3)20-10-9-18(27(33)34)13-22(20)30/h6-14,35H,1-5H3,(H,33,34). The lowest BCUT2D eigenvalue weighted by Crippen LogP contribution is -2.15. The number of nitrogens with zero attached hydrogens (tertiary/aromatic N) is 2. The Kier molecular flexibility index (Phi) is 6.54. The molecular formula is C28H26Cl2N2O3. The Hall–Kier alpha value is -3.12. The van der Waals surface area contributed by atoms with Crippen LogP contribution in [0.5, 0.6) is 0 Å². The number of rotatable bonds is 5. The zero-order valence-corrected chi connectivity index (χ0v) is 21.7. The molecule has 0 saturated heterocycles. The van der Waals surface area contributed by atoms with Gasteiger partial charge in [0.15, 0.2) is 0 Å². The molecule has 0 fully saturated rings. The van der Waals surface area contributed by atoms with Gasteiger partial charge < -0.3 is 10.2 Å². The second-order valence-corrected chi connectivity index (χ2v) is 10.1. The first kappa shape index (κ1) is 25.0. The minimum Gasteiger partial charge on any atom is -0.478 e. The predicted molar refractivity (Wildman–Crippen MR) is 141 cm³/mol. The summed E-state index contributed by atoms with van der Waals surface area (Å²) >= 11 is 13.1. The SMILES string of the molecule is Cc1cccc(Cl)c1-c1nc(C(C)(C)O)cn1-c1c(C)cc(-c2ccc(C(=O)O)cc2Cl)cc1C. The normalized spacial score (nSPS) is 11.7. The van der Waals surface area contributed by atoms with E-state index in [0.717, 1.165) is 39.1 Å². The van der Waals surface area contributed by atoms with Crippen LogP contribution in [0, 0.1) is 20.8 Å². The van der Waals surface area contributed by atoms with Crippen molar-refractivity contribution in [2.45, 2.75) is 40.2 Å². The Balaban J connectivity index is 1.93. The Bertz CT molecular complexity index is 1420. The van der Waals surface area contributed by atoms with E-state index < -0.39 is 11.6 Å². The molecule has 2 N–H and O–H groups in total. The number of hydrogen-bond donors (Lipinski definition) is 2. The van der Waals surface area contributed by atoms with Crippen LogP contribution in [0.3, 0.4) is 0 Å². The summed E-state index contributed by atoms with van der Waals surface area (Å²) in [6, 6.07) is 14.5. The topological polar surface area (TPSA) is 75.4 Å². The first-order valence-corrected chi connectivity index (χ1v) is 11.9. The number of carboxylic acids is 1. The molecule has 180 valence electrons. The molecule has 0 atom stereocenters. The fraction of sp³-hybridized carbons (Fsp3) is 0.214. The molecule has 0 radical (unpaired) electrons. The second kappa shape index (κ2) is 9.15. The maximum Gasteiger partial charge on any atom is 0.335 e. The molecule has 0 aliphatic rings. The summed E-state index contributed by atoms with van der Waals surface area (Å²) in [5.41, 5.74) is 5.78. The van der Waals surface area contributed by atoms with Crippen LogP contribution >= 0.6 is 23.2 Å². The number of imidazole rings is 1. The molecule has 1 heterocycles. The van der Waals surface area contributed by atoms with E-state index in [4.69, 9.17) is 28.2 Å². The van der Waals surface area contributed by atoms with E-state index in [2.05, 4.69) is 0 Å². The summed E-state index contributed by atoms with van der Waals surface area (Å²) in [6.07, 6.45) is 1.85. The highest BCUT2D eigenvalue weighted by Gasteiger charge is 2.26. The fourth-order valence-electron chi connectivity index (χ4n) is 4.31. The monoisotopic (exact) mass is 508 g/mol. The fourth-order valence-corrected chi connectivity index (χ4v) is 4.91.